The van der Waals surface area contributed by atoms with Crippen molar-refractivity contribution < 1.29 is 18.8 Å². The Balaban J connectivity index is 1.86. The van der Waals surface area contributed by atoms with Crippen molar-refractivity contribution in [3.8, 4) is 17.2 Å². The van der Waals surface area contributed by atoms with Crippen molar-refractivity contribution >= 4 is 29.4 Å². The standard InChI is InChI=1S/C16H9ClFN3O5/c17-10-7-8(1-4-11(10)18)12-5-2-9(26-12)3-6-13-19-15(22)14(21(24)25)16(23)20-13/h1-7H,(H2,19,20,22,23)/b6-3+. The van der Waals surface area contributed by atoms with Gasteiger partial charge in [-0.2, -0.15) is 4.98 Å². The molecule has 1 aromatic carbocycles. The van der Waals surface area contributed by atoms with Crippen LogP contribution in [0.3, 0.4) is 0 Å². The van der Waals surface area contributed by atoms with Gasteiger partial charge in [-0.25, -0.2) is 4.39 Å². The molecular formula is C16H9ClFN3O5. The van der Waals surface area contributed by atoms with E-state index in [0.717, 1.165) is 0 Å². The fourth-order valence-corrected chi connectivity index (χ4v) is 2.30. The monoisotopic (exact) mass is 377 g/mol. The van der Waals surface area contributed by atoms with Crippen LogP contribution >= 0.6 is 11.6 Å². The van der Waals surface area contributed by atoms with Crippen molar-refractivity contribution in [1.82, 2.24) is 9.97 Å². The lowest BCUT2D eigenvalue weighted by molar-refractivity contribution is -0.387. The van der Waals surface area contributed by atoms with E-state index in [-0.39, 0.29) is 10.8 Å². The second-order valence-electron chi connectivity index (χ2n) is 5.04. The predicted octanol–water partition coefficient (Wildman–Crippen LogP) is 3.61. The van der Waals surface area contributed by atoms with E-state index in [4.69, 9.17) is 16.0 Å². The van der Waals surface area contributed by atoms with Crippen molar-refractivity contribution in [1.29, 1.82) is 0 Å². The summed E-state index contributed by atoms with van der Waals surface area (Å²) >= 11 is 5.73. The number of aromatic hydroxyl groups is 1. The fraction of sp³-hybridized carbons (Fsp3) is 0. The third kappa shape index (κ3) is 3.47. The maximum Gasteiger partial charge on any atom is 0.395 e. The van der Waals surface area contributed by atoms with Gasteiger partial charge in [0.15, 0.2) is 0 Å². The Bertz CT molecular complexity index is 1090. The molecule has 3 rings (SSSR count). The summed E-state index contributed by atoms with van der Waals surface area (Å²) in [6, 6.07) is 7.36. The Labute approximate surface area is 149 Å². The Hall–Kier alpha value is -3.46. The number of nitrogens with one attached hydrogen (secondary N) is 1. The van der Waals surface area contributed by atoms with Gasteiger partial charge >= 0.3 is 11.2 Å². The molecule has 0 spiro atoms. The summed E-state index contributed by atoms with van der Waals surface area (Å²) in [7, 11) is 0. The summed E-state index contributed by atoms with van der Waals surface area (Å²) in [6.07, 6.45) is 2.73. The minimum Gasteiger partial charge on any atom is -0.488 e. The molecular weight excluding hydrogens is 369 g/mol. The van der Waals surface area contributed by atoms with Crippen LogP contribution in [-0.4, -0.2) is 20.0 Å². The van der Waals surface area contributed by atoms with Gasteiger partial charge in [-0.1, -0.05) is 11.6 Å². The molecule has 0 saturated carbocycles. The smallest absolute Gasteiger partial charge is 0.395 e. The Morgan fingerprint density at radius 3 is 2.73 bits per heavy atom. The number of furan rings is 1. The van der Waals surface area contributed by atoms with Crippen LogP contribution in [0, 0.1) is 15.9 Å². The fourth-order valence-electron chi connectivity index (χ4n) is 2.12. The van der Waals surface area contributed by atoms with Crippen molar-refractivity contribution in [3.63, 3.8) is 0 Å². The molecule has 2 aromatic heterocycles. The number of halogens is 2. The van der Waals surface area contributed by atoms with Crippen molar-refractivity contribution in [2.75, 3.05) is 0 Å². The first-order chi connectivity index (χ1) is 12.3. The number of H-pyrrole nitrogens is 1. The second-order valence-corrected chi connectivity index (χ2v) is 5.45. The number of hydrogen-bond donors (Lipinski definition) is 2. The van der Waals surface area contributed by atoms with Crippen LogP contribution in [0.5, 0.6) is 5.88 Å². The van der Waals surface area contributed by atoms with Gasteiger partial charge in [-0.3, -0.25) is 14.9 Å². The zero-order valence-corrected chi connectivity index (χ0v) is 13.5. The first kappa shape index (κ1) is 17.4. The molecule has 132 valence electrons. The van der Waals surface area contributed by atoms with E-state index < -0.39 is 27.9 Å². The number of rotatable bonds is 4. The molecule has 0 radical (unpaired) electrons. The van der Waals surface area contributed by atoms with Crippen molar-refractivity contribution in [2.24, 2.45) is 0 Å². The summed E-state index contributed by atoms with van der Waals surface area (Å²) in [5, 5.41) is 20.1. The zero-order chi connectivity index (χ0) is 18.8. The molecule has 8 nitrogen and oxygen atoms in total. The van der Waals surface area contributed by atoms with Gasteiger partial charge < -0.3 is 14.5 Å². The van der Waals surface area contributed by atoms with Gasteiger partial charge in [0.2, 0.25) is 0 Å². The summed E-state index contributed by atoms with van der Waals surface area (Å²) in [5.74, 6) is -0.837. The SMILES string of the molecule is O=c1[nH]c(/C=C/c2ccc(-c3ccc(F)c(Cl)c3)o2)nc(O)c1[N+](=O)[O-]. The van der Waals surface area contributed by atoms with E-state index >= 15 is 0 Å². The Kier molecular flexibility index (Phi) is 4.55. The lowest BCUT2D eigenvalue weighted by Gasteiger charge is -1.99. The van der Waals surface area contributed by atoms with Crippen LogP contribution in [0.25, 0.3) is 23.5 Å². The molecule has 0 unspecified atom stereocenters. The minimum absolute atomic E-state index is 0.0425. The highest BCUT2D eigenvalue weighted by Gasteiger charge is 2.21. The highest BCUT2D eigenvalue weighted by atomic mass is 35.5. The maximum absolute atomic E-state index is 13.2. The highest BCUT2D eigenvalue weighted by Crippen LogP contribution is 2.27. The molecule has 0 aliphatic carbocycles. The quantitative estimate of drug-likeness (QED) is 0.529. The van der Waals surface area contributed by atoms with E-state index in [2.05, 4.69) is 9.97 Å². The second kappa shape index (κ2) is 6.81. The van der Waals surface area contributed by atoms with Gasteiger partial charge in [0.25, 0.3) is 5.88 Å². The molecule has 0 aliphatic rings. The average Bonchev–Trinajstić information content (AvgIpc) is 3.03. The van der Waals surface area contributed by atoms with E-state index in [1.54, 1.807) is 12.1 Å². The van der Waals surface area contributed by atoms with Gasteiger partial charge in [0.1, 0.15) is 23.2 Å². The molecule has 2 N–H and O–H groups in total. The summed E-state index contributed by atoms with van der Waals surface area (Å²) in [4.78, 5) is 26.9. The average molecular weight is 378 g/mol. The number of nitrogens with zero attached hydrogens (tertiary/aromatic N) is 2. The number of benzene rings is 1. The molecule has 0 fully saturated rings. The molecule has 10 heteroatoms. The van der Waals surface area contributed by atoms with Gasteiger partial charge in [0.05, 0.1) is 9.95 Å². The predicted molar refractivity (Wildman–Crippen MR) is 91.2 cm³/mol. The lowest BCUT2D eigenvalue weighted by Crippen LogP contribution is -2.14. The van der Waals surface area contributed by atoms with Gasteiger partial charge in [-0.15, -0.1) is 0 Å². The highest BCUT2D eigenvalue weighted by molar-refractivity contribution is 6.31. The first-order valence-electron chi connectivity index (χ1n) is 7.06. The maximum atomic E-state index is 13.2. The van der Waals surface area contributed by atoms with Crippen molar-refractivity contribution in [2.45, 2.75) is 0 Å². The molecule has 26 heavy (non-hydrogen) atoms. The normalized spacial score (nSPS) is 11.2. The number of aromatic nitrogens is 2. The summed E-state index contributed by atoms with van der Waals surface area (Å²) in [6.45, 7) is 0. The van der Waals surface area contributed by atoms with Crippen LogP contribution in [0.4, 0.5) is 10.1 Å². The largest absolute Gasteiger partial charge is 0.488 e. The summed E-state index contributed by atoms with van der Waals surface area (Å²) < 4.78 is 18.7. The van der Waals surface area contributed by atoms with E-state index in [1.807, 2.05) is 0 Å². The molecule has 0 amide bonds. The third-order valence-electron chi connectivity index (χ3n) is 3.31. The number of hydrogen-bond acceptors (Lipinski definition) is 6. The molecule has 0 atom stereocenters. The summed E-state index contributed by atoms with van der Waals surface area (Å²) in [5.41, 5.74) is -1.55. The molecule has 2 heterocycles. The molecule has 0 saturated heterocycles. The van der Waals surface area contributed by atoms with Crippen LogP contribution in [0.1, 0.15) is 11.6 Å². The van der Waals surface area contributed by atoms with E-state index in [9.17, 15) is 24.4 Å². The van der Waals surface area contributed by atoms with Crippen molar-refractivity contribution in [3.05, 3.63) is 73.2 Å². The molecule has 3 aromatic rings. The Morgan fingerprint density at radius 2 is 2.08 bits per heavy atom. The number of aromatic amines is 1. The van der Waals surface area contributed by atoms with Crippen LogP contribution in [0.15, 0.2) is 39.5 Å². The third-order valence-corrected chi connectivity index (χ3v) is 3.60. The Morgan fingerprint density at radius 1 is 1.31 bits per heavy atom. The topological polar surface area (TPSA) is 122 Å². The molecule has 0 bridgehead atoms. The zero-order valence-electron chi connectivity index (χ0n) is 12.8. The van der Waals surface area contributed by atoms with Gasteiger partial charge in [0, 0.05) is 5.56 Å². The van der Waals surface area contributed by atoms with Crippen LogP contribution < -0.4 is 5.56 Å². The lowest BCUT2D eigenvalue weighted by atomic mass is 10.2. The van der Waals surface area contributed by atoms with Gasteiger partial charge in [-0.05, 0) is 42.5 Å². The van der Waals surface area contributed by atoms with E-state index in [1.165, 1.54) is 30.4 Å². The first-order valence-corrected chi connectivity index (χ1v) is 7.44. The van der Waals surface area contributed by atoms with Crippen LogP contribution in [0.2, 0.25) is 5.02 Å². The minimum atomic E-state index is -1.08. The molecule has 0 aliphatic heterocycles. The van der Waals surface area contributed by atoms with Crippen LogP contribution in [-0.2, 0) is 0 Å². The van der Waals surface area contributed by atoms with E-state index in [0.29, 0.717) is 17.1 Å². The number of nitro groups is 1.